The first kappa shape index (κ1) is 21.1. The third kappa shape index (κ3) is 3.92. The maximum Gasteiger partial charge on any atom is 0.421 e. The van der Waals surface area contributed by atoms with E-state index in [4.69, 9.17) is 28.3 Å². The number of aromatic nitrogens is 4. The van der Waals surface area contributed by atoms with Crippen molar-refractivity contribution in [3.05, 3.63) is 23.5 Å². The molecule has 0 spiro atoms. The molecule has 0 saturated carbocycles. The van der Waals surface area contributed by atoms with Crippen molar-refractivity contribution in [2.45, 2.75) is 30.2 Å². The second-order valence-corrected chi connectivity index (χ2v) is 6.76. The third-order valence-electron chi connectivity index (χ3n) is 4.50. The fraction of sp³-hybridized carbons (Fsp3) is 0.467. The van der Waals surface area contributed by atoms with E-state index in [1.165, 1.54) is 13.1 Å². The summed E-state index contributed by atoms with van der Waals surface area (Å²) in [6.07, 6.45) is -3.64. The zero-order valence-corrected chi connectivity index (χ0v) is 15.5. The van der Waals surface area contributed by atoms with Crippen molar-refractivity contribution in [1.82, 2.24) is 19.7 Å². The average Bonchev–Trinajstić information content (AvgIpc) is 3.18. The van der Waals surface area contributed by atoms with E-state index in [9.17, 15) is 18.0 Å². The van der Waals surface area contributed by atoms with Crippen molar-refractivity contribution in [3.8, 4) is 0 Å². The Bertz CT molecular complexity index is 946. The zero-order chi connectivity index (χ0) is 21.6. The number of carbonyl (C=O) groups excluding carboxylic acids is 1. The topological polar surface area (TPSA) is 94.0 Å². The summed E-state index contributed by atoms with van der Waals surface area (Å²) in [5.74, 6) is -1.03. The molecule has 1 saturated heterocycles. The van der Waals surface area contributed by atoms with Crippen LogP contribution in [0.5, 0.6) is 0 Å². The lowest BCUT2D eigenvalue weighted by atomic mass is 9.49. The first-order valence-corrected chi connectivity index (χ1v) is 8.40. The smallest absolute Gasteiger partial charge is 0.421 e. The molecule has 1 aliphatic heterocycles. The number of halogens is 3. The standard InChI is InChI=1S/C15H14B3F3N6O2/c1-13(3-4-29-11(13)28)8-5-9(27(26-8)15(16,17)18)24-12-23-6-7(14(19,20)21)10(22-2)25-12/h5-6H,3-4H2,1-2H3,(H2,22,23,24,25)/t13-/m0/s1. The highest BCUT2D eigenvalue weighted by molar-refractivity contribution is 6.56. The summed E-state index contributed by atoms with van der Waals surface area (Å²) in [6.45, 7) is 1.86. The number of carbonyl (C=O) groups is 1. The van der Waals surface area contributed by atoms with Gasteiger partial charge in [-0.05, 0) is 12.2 Å². The molecule has 1 fully saturated rings. The number of hydrogen-bond acceptors (Lipinski definition) is 7. The Hall–Kier alpha value is -2.66. The molecule has 2 aromatic heterocycles. The Labute approximate surface area is 168 Å². The molecule has 0 amide bonds. The largest absolute Gasteiger partial charge is 0.465 e. The van der Waals surface area contributed by atoms with Crippen LogP contribution in [0.25, 0.3) is 0 Å². The molecule has 14 heteroatoms. The van der Waals surface area contributed by atoms with Crippen LogP contribution in [0.3, 0.4) is 0 Å². The van der Waals surface area contributed by atoms with Gasteiger partial charge in [-0.1, -0.05) is 0 Å². The summed E-state index contributed by atoms with van der Waals surface area (Å²) < 4.78 is 45.1. The maximum atomic E-state index is 13.0. The number of ether oxygens (including phenoxy) is 1. The molecule has 3 rings (SSSR count). The molecule has 1 aliphatic rings. The molecule has 2 aromatic rings. The van der Waals surface area contributed by atoms with E-state index in [1.54, 1.807) is 6.92 Å². The average molecular weight is 400 g/mol. The van der Waals surface area contributed by atoms with Crippen LogP contribution in [0.4, 0.5) is 30.8 Å². The van der Waals surface area contributed by atoms with Crippen LogP contribution < -0.4 is 10.6 Å². The molecule has 3 heterocycles. The minimum Gasteiger partial charge on any atom is -0.465 e. The van der Waals surface area contributed by atoms with Crippen LogP contribution in [0, 0.1) is 0 Å². The number of nitrogens with zero attached hydrogens (tertiary/aromatic N) is 4. The SMILES string of the molecule is [B]C([B])([B])n1nc([C@]2(C)CCOC2=O)cc1Nc1ncc(C(F)(F)F)c(NC)n1. The zero-order valence-electron chi connectivity index (χ0n) is 15.5. The van der Waals surface area contributed by atoms with Crippen LogP contribution in [0.1, 0.15) is 24.6 Å². The van der Waals surface area contributed by atoms with Crippen LogP contribution in [-0.2, 0) is 26.4 Å². The summed E-state index contributed by atoms with van der Waals surface area (Å²) >= 11 is 0. The number of hydrogen-bond donors (Lipinski definition) is 2. The number of esters is 1. The summed E-state index contributed by atoms with van der Waals surface area (Å²) in [5.41, 5.74) is -1.81. The molecule has 0 bridgehead atoms. The molecule has 146 valence electrons. The van der Waals surface area contributed by atoms with E-state index in [1.807, 2.05) is 0 Å². The van der Waals surface area contributed by atoms with Crippen LogP contribution in [-0.4, -0.2) is 62.9 Å². The Balaban J connectivity index is 2.02. The molecule has 0 aromatic carbocycles. The van der Waals surface area contributed by atoms with Gasteiger partial charge in [0.05, 0.1) is 35.8 Å². The minimum atomic E-state index is -4.63. The fourth-order valence-electron chi connectivity index (χ4n) is 2.83. The van der Waals surface area contributed by atoms with E-state index in [2.05, 4.69) is 25.7 Å². The summed E-state index contributed by atoms with van der Waals surface area (Å²) in [6, 6.07) is 1.44. The highest BCUT2D eigenvalue weighted by Gasteiger charge is 2.44. The summed E-state index contributed by atoms with van der Waals surface area (Å²) in [5, 5.41) is 7.29. The van der Waals surface area contributed by atoms with Gasteiger partial charge in [0.15, 0.2) is 0 Å². The molecule has 29 heavy (non-hydrogen) atoms. The van der Waals surface area contributed by atoms with Crippen molar-refractivity contribution in [2.24, 2.45) is 0 Å². The van der Waals surface area contributed by atoms with E-state index in [-0.39, 0.29) is 24.1 Å². The minimum absolute atomic E-state index is 0.0789. The number of rotatable bonds is 5. The van der Waals surface area contributed by atoms with Crippen molar-refractivity contribution in [1.29, 1.82) is 0 Å². The van der Waals surface area contributed by atoms with Crippen LogP contribution >= 0.6 is 0 Å². The molecule has 8 nitrogen and oxygen atoms in total. The van der Waals surface area contributed by atoms with Crippen LogP contribution in [0.15, 0.2) is 12.3 Å². The van der Waals surface area contributed by atoms with Gasteiger partial charge in [0.1, 0.15) is 22.6 Å². The highest BCUT2D eigenvalue weighted by atomic mass is 19.4. The van der Waals surface area contributed by atoms with Gasteiger partial charge < -0.3 is 15.4 Å². The lowest BCUT2D eigenvalue weighted by Crippen LogP contribution is -2.37. The van der Waals surface area contributed by atoms with Gasteiger partial charge in [-0.15, -0.1) is 0 Å². The molecule has 1 atom stereocenters. The summed E-state index contributed by atoms with van der Waals surface area (Å²) in [7, 11) is 18.5. The van der Waals surface area contributed by atoms with Gasteiger partial charge in [0, 0.05) is 25.7 Å². The van der Waals surface area contributed by atoms with Gasteiger partial charge in [0.2, 0.25) is 5.95 Å². The first-order chi connectivity index (χ1) is 13.4. The third-order valence-corrected chi connectivity index (χ3v) is 4.50. The molecular formula is C15H14B3F3N6O2. The van der Waals surface area contributed by atoms with Gasteiger partial charge in [0.25, 0.3) is 0 Å². The molecule has 0 unspecified atom stereocenters. The second-order valence-electron chi connectivity index (χ2n) is 6.76. The second kappa shape index (κ2) is 6.99. The summed E-state index contributed by atoms with van der Waals surface area (Å²) in [4.78, 5) is 19.6. The Morgan fingerprint density at radius 3 is 2.52 bits per heavy atom. The Morgan fingerprint density at radius 1 is 1.31 bits per heavy atom. The van der Waals surface area contributed by atoms with Crippen LogP contribution in [0.2, 0.25) is 0 Å². The fourth-order valence-corrected chi connectivity index (χ4v) is 2.83. The highest BCUT2D eigenvalue weighted by Crippen LogP contribution is 2.36. The lowest BCUT2D eigenvalue weighted by Gasteiger charge is -2.24. The number of nitrogens with one attached hydrogen (secondary N) is 2. The van der Waals surface area contributed by atoms with E-state index in [0.29, 0.717) is 12.6 Å². The molecule has 2 N–H and O–H groups in total. The first-order valence-electron chi connectivity index (χ1n) is 8.40. The van der Waals surface area contributed by atoms with Gasteiger partial charge in [-0.25, -0.2) is 4.98 Å². The number of alkyl halides is 3. The normalized spacial score (nSPS) is 19.8. The Kier molecular flexibility index (Phi) is 5.08. The van der Waals surface area contributed by atoms with Gasteiger partial charge in [-0.3, -0.25) is 9.48 Å². The maximum absolute atomic E-state index is 13.0. The quantitative estimate of drug-likeness (QED) is 0.566. The van der Waals surface area contributed by atoms with Crippen molar-refractivity contribution >= 4 is 47.1 Å². The van der Waals surface area contributed by atoms with E-state index >= 15 is 0 Å². The van der Waals surface area contributed by atoms with Gasteiger partial charge >= 0.3 is 12.1 Å². The van der Waals surface area contributed by atoms with Crippen molar-refractivity contribution in [3.63, 3.8) is 0 Å². The number of anilines is 3. The molecule has 0 aliphatic carbocycles. The predicted molar refractivity (Wildman–Crippen MR) is 100 cm³/mol. The number of cyclic esters (lactones) is 1. The predicted octanol–water partition coefficient (Wildman–Crippen LogP) is 0.755. The molecule has 6 radical (unpaired) electrons. The van der Waals surface area contributed by atoms with E-state index in [0.717, 1.165) is 4.68 Å². The lowest BCUT2D eigenvalue weighted by molar-refractivity contribution is -0.142. The van der Waals surface area contributed by atoms with Crippen molar-refractivity contribution < 1.29 is 22.7 Å². The molecular weight excluding hydrogens is 386 g/mol. The van der Waals surface area contributed by atoms with Crippen molar-refractivity contribution in [2.75, 3.05) is 24.3 Å². The monoisotopic (exact) mass is 400 g/mol. The van der Waals surface area contributed by atoms with Gasteiger partial charge in [-0.2, -0.15) is 23.3 Å². The van der Waals surface area contributed by atoms with E-state index < -0.39 is 34.2 Å². The Morgan fingerprint density at radius 2 is 2.00 bits per heavy atom.